The van der Waals surface area contributed by atoms with Crippen LogP contribution in [0.15, 0.2) is 36.4 Å². The van der Waals surface area contributed by atoms with E-state index in [0.29, 0.717) is 0 Å². The van der Waals surface area contributed by atoms with Crippen LogP contribution < -0.4 is 40.2 Å². The molecule has 2 heteroatoms. The number of hydrogen-bond acceptors (Lipinski definition) is 0. The first kappa shape index (κ1) is 15.9. The molecular formula is C16H18NaP. The van der Waals surface area contributed by atoms with Crippen molar-refractivity contribution in [2.75, 3.05) is 0 Å². The molecule has 0 aliphatic rings. The predicted octanol–water partition coefficient (Wildman–Crippen LogP) is 0.821. The Morgan fingerprint density at radius 1 is 0.556 bits per heavy atom. The first-order valence-corrected chi connectivity index (χ1v) is 6.81. The zero-order chi connectivity index (χ0) is 12.4. The largest absolute Gasteiger partial charge is 1.00 e. The van der Waals surface area contributed by atoms with Crippen molar-refractivity contribution in [1.29, 1.82) is 0 Å². The Labute approximate surface area is 134 Å². The minimum absolute atomic E-state index is 0. The second-order valence-electron chi connectivity index (χ2n) is 4.80. The first-order chi connectivity index (χ1) is 8.02. The topological polar surface area (TPSA) is 0 Å². The van der Waals surface area contributed by atoms with Crippen molar-refractivity contribution >= 4 is 19.2 Å². The van der Waals surface area contributed by atoms with Gasteiger partial charge in [0.25, 0.3) is 0 Å². The SMILES string of the molecule is Cc1cc(C)cc([P-]c2cc(C)cc(C)c2)c1.[Na+]. The summed E-state index contributed by atoms with van der Waals surface area (Å²) in [5.74, 6) is 0. The molecule has 88 valence electrons. The van der Waals surface area contributed by atoms with Crippen molar-refractivity contribution < 1.29 is 29.6 Å². The molecule has 0 aromatic heterocycles. The Bertz CT molecular complexity index is 457. The molecule has 0 N–H and O–H groups in total. The third kappa shape index (κ3) is 4.52. The Balaban J connectivity index is 0.00000162. The van der Waals surface area contributed by atoms with Gasteiger partial charge >= 0.3 is 29.6 Å². The zero-order valence-electron chi connectivity index (χ0n) is 11.9. The van der Waals surface area contributed by atoms with E-state index in [9.17, 15) is 0 Å². The smallest absolute Gasteiger partial charge is 0.472 e. The van der Waals surface area contributed by atoms with E-state index >= 15 is 0 Å². The van der Waals surface area contributed by atoms with Crippen LogP contribution in [0, 0.1) is 27.7 Å². The van der Waals surface area contributed by atoms with E-state index in [1.54, 1.807) is 0 Å². The monoisotopic (exact) mass is 264 g/mol. The van der Waals surface area contributed by atoms with Gasteiger partial charge in [0, 0.05) is 0 Å². The molecule has 2 aromatic carbocycles. The molecule has 18 heavy (non-hydrogen) atoms. The Morgan fingerprint density at radius 3 is 1.11 bits per heavy atom. The van der Waals surface area contributed by atoms with Crippen molar-refractivity contribution in [2.24, 2.45) is 0 Å². The van der Waals surface area contributed by atoms with Crippen molar-refractivity contribution in [3.63, 3.8) is 0 Å². The van der Waals surface area contributed by atoms with Gasteiger partial charge in [0.15, 0.2) is 0 Å². The van der Waals surface area contributed by atoms with Crippen molar-refractivity contribution in [2.45, 2.75) is 27.7 Å². The molecule has 0 nitrogen and oxygen atoms in total. The zero-order valence-corrected chi connectivity index (χ0v) is 14.8. The Morgan fingerprint density at radius 2 is 0.833 bits per heavy atom. The molecule has 0 aliphatic carbocycles. The van der Waals surface area contributed by atoms with Crippen LogP contribution in [0.2, 0.25) is 0 Å². The second kappa shape index (κ2) is 6.87. The van der Waals surface area contributed by atoms with Gasteiger partial charge in [0.1, 0.15) is 0 Å². The third-order valence-corrected chi connectivity index (χ3v) is 3.70. The maximum atomic E-state index is 2.27. The van der Waals surface area contributed by atoms with Gasteiger partial charge in [0.2, 0.25) is 0 Å². The van der Waals surface area contributed by atoms with Crippen LogP contribution in [0.5, 0.6) is 0 Å². The molecule has 0 saturated carbocycles. The van der Waals surface area contributed by atoms with Crippen LogP contribution in [-0.2, 0) is 0 Å². The molecule has 2 aromatic rings. The van der Waals surface area contributed by atoms with Crippen LogP contribution in [-0.4, -0.2) is 0 Å². The van der Waals surface area contributed by atoms with E-state index in [-0.39, 0.29) is 29.6 Å². The summed E-state index contributed by atoms with van der Waals surface area (Å²) in [6.07, 6.45) is 0. The van der Waals surface area contributed by atoms with Gasteiger partial charge in [-0.1, -0.05) is 58.7 Å². The van der Waals surface area contributed by atoms with E-state index < -0.39 is 0 Å². The first-order valence-electron chi connectivity index (χ1n) is 5.91. The van der Waals surface area contributed by atoms with Gasteiger partial charge in [-0.3, -0.25) is 0 Å². The fraction of sp³-hybridized carbons (Fsp3) is 0.250. The Hall–Kier alpha value is -0.130. The number of aryl methyl sites for hydroxylation is 4. The van der Waals surface area contributed by atoms with E-state index in [0.717, 1.165) is 0 Å². The minimum Gasteiger partial charge on any atom is -0.472 e. The summed E-state index contributed by atoms with van der Waals surface area (Å²) in [7, 11) is 1.30. The number of rotatable bonds is 2. The molecule has 0 radical (unpaired) electrons. The molecule has 2 rings (SSSR count). The van der Waals surface area contributed by atoms with E-state index in [1.165, 1.54) is 41.4 Å². The van der Waals surface area contributed by atoms with Crippen LogP contribution in [0.4, 0.5) is 0 Å². The fourth-order valence-electron chi connectivity index (χ4n) is 2.18. The minimum atomic E-state index is 0. The quantitative estimate of drug-likeness (QED) is 0.556. The van der Waals surface area contributed by atoms with Crippen molar-refractivity contribution in [3.8, 4) is 0 Å². The summed E-state index contributed by atoms with van der Waals surface area (Å²) in [5.41, 5.74) is 5.38. The average Bonchev–Trinajstić information content (AvgIpc) is 2.13. The molecule has 0 amide bonds. The average molecular weight is 264 g/mol. The second-order valence-corrected chi connectivity index (χ2v) is 6.06. The molecule has 0 spiro atoms. The molecule has 0 saturated heterocycles. The van der Waals surface area contributed by atoms with Crippen LogP contribution >= 0.6 is 8.58 Å². The van der Waals surface area contributed by atoms with Crippen molar-refractivity contribution in [3.05, 3.63) is 58.7 Å². The molecule has 0 heterocycles. The summed E-state index contributed by atoms with van der Waals surface area (Å²) in [4.78, 5) is 0. The van der Waals surface area contributed by atoms with Gasteiger partial charge in [-0.25, -0.2) is 0 Å². The number of hydrogen-bond donors (Lipinski definition) is 0. The summed E-state index contributed by atoms with van der Waals surface area (Å²) < 4.78 is 0. The Kier molecular flexibility index (Phi) is 6.08. The third-order valence-electron chi connectivity index (χ3n) is 2.67. The normalized spacial score (nSPS) is 10.0. The molecule has 0 bridgehead atoms. The molecule has 0 unspecified atom stereocenters. The standard InChI is InChI=1S/C16H18P.Na/c1-11-5-12(2)8-15(7-11)17-16-9-13(3)6-14(4)10-16;/h5-10H,1-4H3;/q-1;+1. The van der Waals surface area contributed by atoms with E-state index in [1.807, 2.05) is 0 Å². The van der Waals surface area contributed by atoms with Gasteiger partial charge in [-0.05, 0) is 27.7 Å². The van der Waals surface area contributed by atoms with Gasteiger partial charge < -0.3 is 8.58 Å². The van der Waals surface area contributed by atoms with Gasteiger partial charge in [-0.2, -0.15) is 10.6 Å². The number of benzene rings is 2. The van der Waals surface area contributed by atoms with Crippen LogP contribution in [0.3, 0.4) is 0 Å². The molecule has 0 atom stereocenters. The summed E-state index contributed by atoms with van der Waals surface area (Å²) >= 11 is 0. The summed E-state index contributed by atoms with van der Waals surface area (Å²) in [6, 6.07) is 13.5. The van der Waals surface area contributed by atoms with E-state index in [2.05, 4.69) is 64.1 Å². The fourth-order valence-corrected chi connectivity index (χ4v) is 3.55. The molecule has 0 fully saturated rings. The maximum Gasteiger partial charge on any atom is 1.00 e. The van der Waals surface area contributed by atoms with Gasteiger partial charge in [-0.15, -0.1) is 0 Å². The summed E-state index contributed by atoms with van der Waals surface area (Å²) in [6.45, 7) is 8.64. The summed E-state index contributed by atoms with van der Waals surface area (Å²) in [5, 5.41) is 2.76. The van der Waals surface area contributed by atoms with Gasteiger partial charge in [0.05, 0.1) is 0 Å². The van der Waals surface area contributed by atoms with Crippen LogP contribution in [0.25, 0.3) is 0 Å². The van der Waals surface area contributed by atoms with Crippen molar-refractivity contribution in [1.82, 2.24) is 0 Å². The van der Waals surface area contributed by atoms with Crippen LogP contribution in [0.1, 0.15) is 22.3 Å². The maximum absolute atomic E-state index is 2.27. The molecular weight excluding hydrogens is 246 g/mol. The molecule has 0 aliphatic heterocycles. The van der Waals surface area contributed by atoms with E-state index in [4.69, 9.17) is 0 Å². The predicted molar refractivity (Wildman–Crippen MR) is 78.0 cm³/mol.